The molecule has 3 saturated heterocycles. The molecule has 0 radical (unpaired) electrons. The van der Waals surface area contributed by atoms with Gasteiger partial charge in [-0.3, -0.25) is 4.79 Å². The molecule has 1 aromatic rings. The number of morpholine rings is 1. The van der Waals surface area contributed by atoms with Gasteiger partial charge in [-0.1, -0.05) is 0 Å². The molecule has 8 nitrogen and oxygen atoms in total. The molecule has 0 bridgehead atoms. The van der Waals surface area contributed by atoms with Gasteiger partial charge < -0.3 is 24.2 Å². The average Bonchev–Trinajstić information content (AvgIpc) is 3.23. The smallest absolute Gasteiger partial charge is 0.251 e. The van der Waals surface area contributed by atoms with Crippen LogP contribution in [0.1, 0.15) is 12.8 Å². The second-order valence-corrected chi connectivity index (χ2v) is 6.66. The van der Waals surface area contributed by atoms with Crippen LogP contribution in [0.4, 0.5) is 11.6 Å². The maximum absolute atomic E-state index is 12.4. The van der Waals surface area contributed by atoms with Crippen LogP contribution in [0.2, 0.25) is 0 Å². The quantitative estimate of drug-likeness (QED) is 0.770. The standard InChI is InChI=1S/C17H25N5O3/c23-17(14-2-1-11-25-14)22-7-5-20(6-8-22)15-3-4-16(19-18-15)21-9-12-24-13-10-21/h3-4,14H,1-2,5-13H2. The summed E-state index contributed by atoms with van der Waals surface area (Å²) in [5, 5.41) is 8.76. The van der Waals surface area contributed by atoms with Crippen molar-refractivity contribution in [3.05, 3.63) is 12.1 Å². The van der Waals surface area contributed by atoms with Crippen molar-refractivity contribution in [1.82, 2.24) is 15.1 Å². The first-order chi connectivity index (χ1) is 12.3. The molecule has 8 heteroatoms. The summed E-state index contributed by atoms with van der Waals surface area (Å²) >= 11 is 0. The van der Waals surface area contributed by atoms with E-state index >= 15 is 0 Å². The van der Waals surface area contributed by atoms with Crippen LogP contribution in [0.15, 0.2) is 12.1 Å². The van der Waals surface area contributed by atoms with Crippen molar-refractivity contribution >= 4 is 17.5 Å². The third kappa shape index (κ3) is 3.69. The van der Waals surface area contributed by atoms with Crippen LogP contribution in [0.3, 0.4) is 0 Å². The Morgan fingerprint density at radius 1 is 0.920 bits per heavy atom. The Morgan fingerprint density at radius 3 is 2.12 bits per heavy atom. The lowest BCUT2D eigenvalue weighted by Gasteiger charge is -2.36. The summed E-state index contributed by atoms with van der Waals surface area (Å²) in [6, 6.07) is 4.05. The molecule has 3 aliphatic heterocycles. The van der Waals surface area contributed by atoms with Gasteiger partial charge in [0.05, 0.1) is 13.2 Å². The Balaban J connectivity index is 1.32. The molecular weight excluding hydrogens is 322 g/mol. The molecule has 0 aromatic carbocycles. The Labute approximate surface area is 147 Å². The van der Waals surface area contributed by atoms with E-state index in [1.807, 2.05) is 17.0 Å². The maximum Gasteiger partial charge on any atom is 0.251 e. The van der Waals surface area contributed by atoms with E-state index in [0.29, 0.717) is 19.7 Å². The second-order valence-electron chi connectivity index (χ2n) is 6.66. The lowest BCUT2D eigenvalue weighted by atomic mass is 10.2. The fourth-order valence-corrected chi connectivity index (χ4v) is 3.58. The highest BCUT2D eigenvalue weighted by atomic mass is 16.5. The van der Waals surface area contributed by atoms with Crippen LogP contribution >= 0.6 is 0 Å². The molecule has 25 heavy (non-hydrogen) atoms. The molecular formula is C17H25N5O3. The molecule has 1 unspecified atom stereocenters. The predicted octanol–water partition coefficient (Wildman–Crippen LogP) is 0.141. The summed E-state index contributed by atoms with van der Waals surface area (Å²) < 4.78 is 10.9. The second kappa shape index (κ2) is 7.53. The van der Waals surface area contributed by atoms with Gasteiger partial charge in [-0.15, -0.1) is 10.2 Å². The first-order valence-electron chi connectivity index (χ1n) is 9.13. The number of anilines is 2. The number of nitrogens with zero attached hydrogens (tertiary/aromatic N) is 5. The van der Waals surface area contributed by atoms with Gasteiger partial charge in [-0.2, -0.15) is 0 Å². The van der Waals surface area contributed by atoms with E-state index in [2.05, 4.69) is 20.0 Å². The van der Waals surface area contributed by atoms with Gasteiger partial charge >= 0.3 is 0 Å². The van der Waals surface area contributed by atoms with E-state index in [4.69, 9.17) is 9.47 Å². The number of carbonyl (C=O) groups is 1. The number of ether oxygens (including phenoxy) is 2. The Hall–Kier alpha value is -1.93. The Bertz CT molecular complexity index is 576. The summed E-state index contributed by atoms with van der Waals surface area (Å²) in [7, 11) is 0. The fraction of sp³-hybridized carbons (Fsp3) is 0.706. The summed E-state index contributed by atoms with van der Waals surface area (Å²) in [5.74, 6) is 1.92. The number of aromatic nitrogens is 2. The van der Waals surface area contributed by atoms with Gasteiger partial charge in [0.25, 0.3) is 5.91 Å². The molecule has 0 saturated carbocycles. The zero-order valence-corrected chi connectivity index (χ0v) is 14.5. The minimum atomic E-state index is -0.223. The molecule has 136 valence electrons. The molecule has 1 aromatic heterocycles. The van der Waals surface area contributed by atoms with Gasteiger partial charge in [-0.05, 0) is 25.0 Å². The summed E-state index contributed by atoms with van der Waals surface area (Å²) in [6.07, 6.45) is 1.62. The zero-order valence-electron chi connectivity index (χ0n) is 14.5. The van der Waals surface area contributed by atoms with E-state index in [9.17, 15) is 4.79 Å². The number of hydrogen-bond donors (Lipinski definition) is 0. The van der Waals surface area contributed by atoms with Crippen molar-refractivity contribution in [2.45, 2.75) is 18.9 Å². The average molecular weight is 347 g/mol. The lowest BCUT2D eigenvalue weighted by Crippen LogP contribution is -2.51. The first kappa shape index (κ1) is 16.5. The Kier molecular flexibility index (Phi) is 4.98. The molecule has 4 rings (SSSR count). The highest BCUT2D eigenvalue weighted by Gasteiger charge is 2.30. The van der Waals surface area contributed by atoms with E-state index in [-0.39, 0.29) is 12.0 Å². The molecule has 4 heterocycles. The van der Waals surface area contributed by atoms with E-state index in [1.54, 1.807) is 0 Å². The first-order valence-corrected chi connectivity index (χ1v) is 9.13. The fourth-order valence-electron chi connectivity index (χ4n) is 3.58. The monoisotopic (exact) mass is 347 g/mol. The summed E-state index contributed by atoms with van der Waals surface area (Å²) in [6.45, 7) is 6.90. The highest BCUT2D eigenvalue weighted by Crippen LogP contribution is 2.19. The van der Waals surface area contributed by atoms with Crippen LogP contribution in [-0.2, 0) is 14.3 Å². The van der Waals surface area contributed by atoms with Gasteiger partial charge in [0, 0.05) is 45.9 Å². The molecule has 3 fully saturated rings. The van der Waals surface area contributed by atoms with E-state index < -0.39 is 0 Å². The minimum Gasteiger partial charge on any atom is -0.378 e. The number of amides is 1. The molecule has 0 N–H and O–H groups in total. The Morgan fingerprint density at radius 2 is 1.56 bits per heavy atom. The zero-order chi connectivity index (χ0) is 17.1. The number of carbonyl (C=O) groups excluding carboxylic acids is 1. The van der Waals surface area contributed by atoms with E-state index in [0.717, 1.165) is 63.9 Å². The van der Waals surface area contributed by atoms with Gasteiger partial charge in [0.1, 0.15) is 6.10 Å². The van der Waals surface area contributed by atoms with Crippen molar-refractivity contribution < 1.29 is 14.3 Å². The van der Waals surface area contributed by atoms with Gasteiger partial charge in [-0.25, -0.2) is 0 Å². The number of hydrogen-bond acceptors (Lipinski definition) is 7. The lowest BCUT2D eigenvalue weighted by molar-refractivity contribution is -0.141. The SMILES string of the molecule is O=C(C1CCCO1)N1CCN(c2ccc(N3CCOCC3)nn2)CC1. The normalized spacial score (nSPS) is 24.6. The van der Waals surface area contributed by atoms with Crippen LogP contribution in [0.25, 0.3) is 0 Å². The van der Waals surface area contributed by atoms with Crippen molar-refractivity contribution in [1.29, 1.82) is 0 Å². The van der Waals surface area contributed by atoms with Crippen LogP contribution in [0.5, 0.6) is 0 Å². The molecule has 1 atom stereocenters. The molecule has 0 spiro atoms. The summed E-state index contributed by atoms with van der Waals surface area (Å²) in [5.41, 5.74) is 0. The van der Waals surface area contributed by atoms with Gasteiger partial charge in [0.2, 0.25) is 0 Å². The predicted molar refractivity (Wildman–Crippen MR) is 92.8 cm³/mol. The third-order valence-electron chi connectivity index (χ3n) is 5.09. The van der Waals surface area contributed by atoms with Crippen molar-refractivity contribution in [3.8, 4) is 0 Å². The van der Waals surface area contributed by atoms with Crippen molar-refractivity contribution in [3.63, 3.8) is 0 Å². The molecule has 1 amide bonds. The number of rotatable bonds is 3. The van der Waals surface area contributed by atoms with Crippen molar-refractivity contribution in [2.75, 3.05) is 68.9 Å². The van der Waals surface area contributed by atoms with Crippen LogP contribution < -0.4 is 9.80 Å². The van der Waals surface area contributed by atoms with Crippen LogP contribution in [0, 0.1) is 0 Å². The highest BCUT2D eigenvalue weighted by molar-refractivity contribution is 5.81. The topological polar surface area (TPSA) is 71.0 Å². The third-order valence-corrected chi connectivity index (χ3v) is 5.09. The van der Waals surface area contributed by atoms with E-state index in [1.165, 1.54) is 0 Å². The summed E-state index contributed by atoms with van der Waals surface area (Å²) in [4.78, 5) is 18.7. The van der Waals surface area contributed by atoms with Gasteiger partial charge in [0.15, 0.2) is 11.6 Å². The number of piperazine rings is 1. The maximum atomic E-state index is 12.4. The van der Waals surface area contributed by atoms with Crippen LogP contribution in [-0.4, -0.2) is 86.2 Å². The molecule has 0 aliphatic carbocycles. The largest absolute Gasteiger partial charge is 0.378 e. The molecule has 3 aliphatic rings. The minimum absolute atomic E-state index is 0.144. The van der Waals surface area contributed by atoms with Crippen molar-refractivity contribution in [2.24, 2.45) is 0 Å².